The standard InChI is InChI=1S/C44H46ClN5O6/c1-43(2)41(44(3,4)42(43)56-31-14-12-30(25-46)34(45)24-31)48-37(52)28-10-8-26(9-11-28)7-5-6-20-49-21-18-27(19-22-49)29-13-15-32-33(23-29)40(55)50(39(32)54)35-16-17-36(51)47-38(35)53/h8-15,18,23-24,35,41-42H,5-7,16-17,19-22H2,1-4H3,(H,48,52)(H,47,51,53). The number of hydrogen-bond donors (Lipinski definition) is 2. The molecule has 0 aromatic heterocycles. The molecule has 4 aliphatic rings. The molecule has 1 aliphatic carbocycles. The minimum Gasteiger partial charge on any atom is -0.489 e. The van der Waals surface area contributed by atoms with Crippen molar-refractivity contribution in [1.82, 2.24) is 20.4 Å². The van der Waals surface area contributed by atoms with Crippen LogP contribution in [0.4, 0.5) is 0 Å². The molecule has 2 N–H and O–H groups in total. The van der Waals surface area contributed by atoms with Crippen molar-refractivity contribution < 1.29 is 28.7 Å². The Kier molecular flexibility index (Phi) is 10.7. The van der Waals surface area contributed by atoms with E-state index in [2.05, 4.69) is 55.4 Å². The Bertz CT molecular complexity index is 2170. The predicted octanol–water partition coefficient (Wildman–Crippen LogP) is 6.34. The van der Waals surface area contributed by atoms with E-state index in [4.69, 9.17) is 16.3 Å². The highest BCUT2D eigenvalue weighted by Gasteiger charge is 2.64. The second kappa shape index (κ2) is 15.3. The number of nitrogens with zero attached hydrogens (tertiary/aromatic N) is 3. The highest BCUT2D eigenvalue weighted by Crippen LogP contribution is 2.55. The molecule has 3 aromatic rings. The van der Waals surface area contributed by atoms with Gasteiger partial charge in [0, 0.05) is 48.0 Å². The summed E-state index contributed by atoms with van der Waals surface area (Å²) >= 11 is 6.23. The van der Waals surface area contributed by atoms with Crippen molar-refractivity contribution in [2.24, 2.45) is 10.8 Å². The molecule has 11 nitrogen and oxygen atoms in total. The summed E-state index contributed by atoms with van der Waals surface area (Å²) in [5.74, 6) is -1.52. The van der Waals surface area contributed by atoms with E-state index in [1.54, 1.807) is 30.3 Å². The number of rotatable bonds is 11. The fourth-order valence-electron chi connectivity index (χ4n) is 9.14. The Morgan fingerprint density at radius 3 is 2.34 bits per heavy atom. The molecule has 1 atom stereocenters. The van der Waals surface area contributed by atoms with Crippen LogP contribution in [0.15, 0.2) is 66.7 Å². The number of carbonyl (C=O) groups is 5. The lowest BCUT2D eigenvalue weighted by Gasteiger charge is -2.63. The fraction of sp³-hybridized carbons (Fsp3) is 0.409. The summed E-state index contributed by atoms with van der Waals surface area (Å²) in [4.78, 5) is 67.1. The van der Waals surface area contributed by atoms with Crippen molar-refractivity contribution in [2.75, 3.05) is 19.6 Å². The van der Waals surface area contributed by atoms with Crippen molar-refractivity contribution in [3.8, 4) is 11.8 Å². The van der Waals surface area contributed by atoms with Crippen LogP contribution in [0.2, 0.25) is 5.02 Å². The zero-order chi connectivity index (χ0) is 39.9. The van der Waals surface area contributed by atoms with Gasteiger partial charge in [-0.15, -0.1) is 0 Å². The zero-order valence-corrected chi connectivity index (χ0v) is 32.9. The molecule has 5 amide bonds. The molecule has 3 aromatic carbocycles. The first kappa shape index (κ1) is 38.9. The number of ether oxygens (including phenoxy) is 1. The van der Waals surface area contributed by atoms with Crippen molar-refractivity contribution in [2.45, 2.75) is 84.4 Å². The number of imide groups is 2. The number of nitriles is 1. The smallest absolute Gasteiger partial charge is 0.262 e. The van der Waals surface area contributed by atoms with E-state index < -0.39 is 29.7 Å². The number of piperidine rings is 1. The summed E-state index contributed by atoms with van der Waals surface area (Å²) < 4.78 is 6.36. The van der Waals surface area contributed by atoms with Gasteiger partial charge in [-0.3, -0.25) is 39.1 Å². The average Bonchev–Trinajstić information content (AvgIpc) is 3.42. The van der Waals surface area contributed by atoms with Crippen LogP contribution in [-0.2, 0) is 16.0 Å². The van der Waals surface area contributed by atoms with Crippen molar-refractivity contribution in [1.29, 1.82) is 5.26 Å². The van der Waals surface area contributed by atoms with Crippen molar-refractivity contribution in [3.63, 3.8) is 0 Å². The van der Waals surface area contributed by atoms with E-state index in [0.29, 0.717) is 27.5 Å². The summed E-state index contributed by atoms with van der Waals surface area (Å²) in [7, 11) is 0. The van der Waals surface area contributed by atoms with E-state index in [9.17, 15) is 29.2 Å². The maximum Gasteiger partial charge on any atom is 0.262 e. The molecule has 1 saturated heterocycles. The van der Waals surface area contributed by atoms with Gasteiger partial charge in [0.15, 0.2) is 0 Å². The largest absolute Gasteiger partial charge is 0.489 e. The molecule has 1 saturated carbocycles. The maximum atomic E-state index is 13.4. The van der Waals surface area contributed by atoms with Crippen molar-refractivity contribution >= 4 is 46.7 Å². The molecule has 0 radical (unpaired) electrons. The summed E-state index contributed by atoms with van der Waals surface area (Å²) in [6.45, 7) is 11.0. The highest BCUT2D eigenvalue weighted by molar-refractivity contribution is 6.31. The molecular formula is C44H46ClN5O6. The summed E-state index contributed by atoms with van der Waals surface area (Å²) in [5, 5.41) is 15.0. The Morgan fingerprint density at radius 2 is 1.68 bits per heavy atom. The third-order valence-electron chi connectivity index (χ3n) is 11.9. The molecule has 0 spiro atoms. The van der Waals surface area contributed by atoms with Gasteiger partial charge in [-0.2, -0.15) is 5.26 Å². The third-order valence-corrected chi connectivity index (χ3v) is 12.3. The molecule has 0 bridgehead atoms. The van der Waals surface area contributed by atoms with Crippen LogP contribution in [0.5, 0.6) is 5.75 Å². The number of unbranched alkanes of at least 4 members (excludes halogenated alkanes) is 1. The number of halogens is 1. The molecule has 1 unspecified atom stereocenters. The SMILES string of the molecule is CC1(C)C(NC(=O)c2ccc(CCCCN3CC=C(c4ccc5c(c4)C(=O)N(C4CCC(=O)NC4=O)C5=O)CC3)cc2)C(C)(C)C1Oc1ccc(C#N)c(Cl)c1. The molecular weight excluding hydrogens is 730 g/mol. The second-order valence-electron chi connectivity index (χ2n) is 16.4. The van der Waals surface area contributed by atoms with Gasteiger partial charge in [0.25, 0.3) is 17.7 Å². The van der Waals surface area contributed by atoms with Gasteiger partial charge in [0.1, 0.15) is 24.0 Å². The van der Waals surface area contributed by atoms with Crippen LogP contribution in [0, 0.1) is 22.2 Å². The van der Waals surface area contributed by atoms with E-state index in [1.165, 1.54) is 5.56 Å². The van der Waals surface area contributed by atoms with Gasteiger partial charge in [-0.25, -0.2) is 0 Å². The zero-order valence-electron chi connectivity index (χ0n) is 32.1. The number of amides is 5. The minimum absolute atomic E-state index is 0.0873. The van der Waals surface area contributed by atoms with Crippen LogP contribution in [0.25, 0.3) is 5.57 Å². The third kappa shape index (κ3) is 7.36. The van der Waals surface area contributed by atoms with Crippen LogP contribution in [0.3, 0.4) is 0 Å². The topological polar surface area (TPSA) is 149 Å². The molecule has 3 heterocycles. The first-order valence-corrected chi connectivity index (χ1v) is 19.6. The van der Waals surface area contributed by atoms with E-state index in [1.807, 2.05) is 30.3 Å². The average molecular weight is 776 g/mol. The Morgan fingerprint density at radius 1 is 0.946 bits per heavy atom. The van der Waals surface area contributed by atoms with E-state index in [0.717, 1.165) is 61.4 Å². The quantitative estimate of drug-likeness (QED) is 0.170. The lowest BCUT2D eigenvalue weighted by atomic mass is 9.49. The molecule has 3 aliphatic heterocycles. The number of fused-ring (bicyclic) bond motifs is 1. The second-order valence-corrected chi connectivity index (χ2v) is 16.8. The van der Waals surface area contributed by atoms with Gasteiger partial charge in [0.2, 0.25) is 11.8 Å². The summed E-state index contributed by atoms with van der Waals surface area (Å²) in [5.41, 5.74) is 4.11. The monoisotopic (exact) mass is 775 g/mol. The number of benzene rings is 3. The first-order chi connectivity index (χ1) is 26.7. The molecule has 12 heteroatoms. The molecule has 56 heavy (non-hydrogen) atoms. The summed E-state index contributed by atoms with van der Waals surface area (Å²) in [6, 6.07) is 19.2. The van der Waals surface area contributed by atoms with Crippen LogP contribution in [-0.4, -0.2) is 77.2 Å². The molecule has 2 fully saturated rings. The van der Waals surface area contributed by atoms with E-state index >= 15 is 0 Å². The normalized spacial score (nSPS) is 22.8. The Hall–Kier alpha value is -5.31. The first-order valence-electron chi connectivity index (χ1n) is 19.2. The van der Waals surface area contributed by atoms with Crippen LogP contribution in [0.1, 0.15) is 108 Å². The number of aryl methyl sites for hydroxylation is 1. The van der Waals surface area contributed by atoms with Gasteiger partial charge in [-0.05, 0) is 91.7 Å². The Balaban J connectivity index is 0.859. The van der Waals surface area contributed by atoms with Crippen molar-refractivity contribution in [3.05, 3.63) is 105 Å². The lowest BCUT2D eigenvalue weighted by molar-refractivity contribution is -0.164. The lowest BCUT2D eigenvalue weighted by Crippen LogP contribution is -2.74. The minimum atomic E-state index is -0.977. The van der Waals surface area contributed by atoms with Gasteiger partial charge in [0.05, 0.1) is 21.7 Å². The predicted molar refractivity (Wildman–Crippen MR) is 211 cm³/mol. The van der Waals surface area contributed by atoms with Gasteiger partial charge >= 0.3 is 0 Å². The summed E-state index contributed by atoms with van der Waals surface area (Å²) in [6.07, 6.45) is 5.99. The number of hydrogen-bond acceptors (Lipinski definition) is 8. The van der Waals surface area contributed by atoms with E-state index in [-0.39, 0.29) is 47.3 Å². The number of nitrogens with one attached hydrogen (secondary N) is 2. The number of carbonyl (C=O) groups excluding carboxylic acids is 5. The van der Waals surface area contributed by atoms with Gasteiger partial charge < -0.3 is 10.1 Å². The van der Waals surface area contributed by atoms with Crippen LogP contribution >= 0.6 is 11.6 Å². The molecule has 290 valence electrons. The Labute approximate surface area is 332 Å². The van der Waals surface area contributed by atoms with Gasteiger partial charge in [-0.1, -0.05) is 63.6 Å². The van der Waals surface area contributed by atoms with Crippen LogP contribution < -0.4 is 15.4 Å². The fourth-order valence-corrected chi connectivity index (χ4v) is 9.36. The highest BCUT2D eigenvalue weighted by atomic mass is 35.5. The molecule has 7 rings (SSSR count). The maximum absolute atomic E-state index is 13.4.